The number of hydrogen-bond donors (Lipinski definition) is 1. The average molecular weight is 179 g/mol. The van der Waals surface area contributed by atoms with Crippen LogP contribution in [0, 0.1) is 5.92 Å². The fourth-order valence-corrected chi connectivity index (χ4v) is 1.97. The van der Waals surface area contributed by atoms with E-state index in [1.807, 2.05) is 17.9 Å². The van der Waals surface area contributed by atoms with Crippen LogP contribution in [0.2, 0.25) is 0 Å². The highest BCUT2D eigenvalue weighted by atomic mass is 15.0. The summed E-state index contributed by atoms with van der Waals surface area (Å²) in [6, 6.07) is 0. The third-order valence-corrected chi connectivity index (χ3v) is 2.66. The maximum Gasteiger partial charge on any atom is 0.0946 e. The van der Waals surface area contributed by atoms with Gasteiger partial charge < -0.3 is 9.88 Å². The summed E-state index contributed by atoms with van der Waals surface area (Å²) >= 11 is 0. The highest BCUT2D eigenvalue weighted by Gasteiger charge is 2.14. The smallest absolute Gasteiger partial charge is 0.0946 e. The van der Waals surface area contributed by atoms with Gasteiger partial charge in [-0.25, -0.2) is 4.98 Å². The number of nitrogens with one attached hydrogen (secondary N) is 1. The second kappa shape index (κ2) is 3.92. The predicted molar refractivity (Wildman–Crippen MR) is 52.5 cm³/mol. The highest BCUT2D eigenvalue weighted by Crippen LogP contribution is 2.14. The molecular weight excluding hydrogens is 162 g/mol. The Bertz CT molecular complexity index is 261. The molecule has 1 aliphatic rings. The number of imidazole rings is 1. The van der Waals surface area contributed by atoms with Gasteiger partial charge in [0.25, 0.3) is 0 Å². The molecule has 72 valence electrons. The number of rotatable bonds is 2. The van der Waals surface area contributed by atoms with Gasteiger partial charge in [-0.2, -0.15) is 0 Å². The number of aryl methyl sites for hydroxylation is 1. The van der Waals surface area contributed by atoms with E-state index in [1.54, 1.807) is 0 Å². The van der Waals surface area contributed by atoms with Crippen LogP contribution >= 0.6 is 0 Å². The second-order valence-electron chi connectivity index (χ2n) is 3.95. The van der Waals surface area contributed by atoms with Crippen molar-refractivity contribution in [3.05, 3.63) is 18.2 Å². The summed E-state index contributed by atoms with van der Waals surface area (Å²) in [5.41, 5.74) is 1.23. The van der Waals surface area contributed by atoms with Crippen LogP contribution < -0.4 is 5.32 Å². The number of piperidine rings is 1. The molecule has 3 nitrogen and oxygen atoms in total. The van der Waals surface area contributed by atoms with E-state index < -0.39 is 0 Å². The first-order chi connectivity index (χ1) is 6.34. The van der Waals surface area contributed by atoms with E-state index in [1.165, 1.54) is 25.1 Å². The molecule has 0 spiro atoms. The molecule has 0 amide bonds. The zero-order valence-electron chi connectivity index (χ0n) is 8.16. The zero-order chi connectivity index (χ0) is 9.10. The maximum atomic E-state index is 4.35. The minimum Gasteiger partial charge on any atom is -0.340 e. The molecule has 1 atom stereocenters. The monoisotopic (exact) mass is 179 g/mol. The minimum absolute atomic E-state index is 0.795. The summed E-state index contributed by atoms with van der Waals surface area (Å²) < 4.78 is 2.02. The summed E-state index contributed by atoms with van der Waals surface area (Å²) in [6.45, 7) is 2.36. The maximum absolute atomic E-state index is 4.35. The molecule has 1 saturated heterocycles. The molecule has 13 heavy (non-hydrogen) atoms. The van der Waals surface area contributed by atoms with E-state index in [0.29, 0.717) is 0 Å². The number of aromatic nitrogens is 2. The van der Waals surface area contributed by atoms with Crippen LogP contribution in [-0.2, 0) is 13.5 Å². The molecular formula is C10H17N3. The summed E-state index contributed by atoms with van der Waals surface area (Å²) in [6.07, 6.45) is 7.80. The van der Waals surface area contributed by atoms with Crippen LogP contribution in [0.3, 0.4) is 0 Å². The van der Waals surface area contributed by atoms with E-state index in [9.17, 15) is 0 Å². The summed E-state index contributed by atoms with van der Waals surface area (Å²) in [5, 5.41) is 3.43. The molecule has 0 aliphatic carbocycles. The van der Waals surface area contributed by atoms with Crippen LogP contribution in [0.4, 0.5) is 0 Å². The van der Waals surface area contributed by atoms with Gasteiger partial charge in [0.2, 0.25) is 0 Å². The van der Waals surface area contributed by atoms with Gasteiger partial charge in [-0.05, 0) is 38.3 Å². The molecule has 1 aromatic rings. The predicted octanol–water partition coefficient (Wildman–Crippen LogP) is 0.962. The molecule has 1 unspecified atom stereocenters. The standard InChI is InChI=1S/C10H17N3/c1-13-7-10(12-8-13)5-9-3-2-4-11-6-9/h7-9,11H,2-6H2,1H3. The molecule has 1 aromatic heterocycles. The van der Waals surface area contributed by atoms with E-state index in [4.69, 9.17) is 0 Å². The molecule has 2 heterocycles. The van der Waals surface area contributed by atoms with Crippen LogP contribution in [0.25, 0.3) is 0 Å². The van der Waals surface area contributed by atoms with Crippen LogP contribution in [0.15, 0.2) is 12.5 Å². The molecule has 0 radical (unpaired) electrons. The Labute approximate surface area is 79.2 Å². The molecule has 0 saturated carbocycles. The summed E-state index contributed by atoms with van der Waals surface area (Å²) in [7, 11) is 2.02. The van der Waals surface area contributed by atoms with Crippen molar-refractivity contribution >= 4 is 0 Å². The molecule has 0 aromatic carbocycles. The van der Waals surface area contributed by atoms with Crippen molar-refractivity contribution in [1.29, 1.82) is 0 Å². The zero-order valence-corrected chi connectivity index (χ0v) is 8.16. The Morgan fingerprint density at radius 3 is 3.23 bits per heavy atom. The summed E-state index contributed by atoms with van der Waals surface area (Å²) in [5.74, 6) is 0.795. The van der Waals surface area contributed by atoms with Gasteiger partial charge >= 0.3 is 0 Å². The molecule has 1 aliphatic heterocycles. The second-order valence-corrected chi connectivity index (χ2v) is 3.95. The molecule has 2 rings (SSSR count). The molecule has 3 heteroatoms. The van der Waals surface area contributed by atoms with Crippen LogP contribution in [-0.4, -0.2) is 22.6 Å². The normalized spacial score (nSPS) is 23.3. The lowest BCUT2D eigenvalue weighted by Gasteiger charge is -2.21. The average Bonchev–Trinajstić information content (AvgIpc) is 2.53. The van der Waals surface area contributed by atoms with Crippen molar-refractivity contribution in [2.75, 3.05) is 13.1 Å². The third-order valence-electron chi connectivity index (χ3n) is 2.66. The highest BCUT2D eigenvalue weighted by molar-refractivity contribution is 4.98. The fraction of sp³-hybridized carbons (Fsp3) is 0.700. The molecule has 0 bridgehead atoms. The van der Waals surface area contributed by atoms with Gasteiger partial charge in [0.15, 0.2) is 0 Å². The molecule has 1 N–H and O–H groups in total. The van der Waals surface area contributed by atoms with Crippen molar-refractivity contribution < 1.29 is 0 Å². The minimum atomic E-state index is 0.795. The van der Waals surface area contributed by atoms with Gasteiger partial charge in [0.1, 0.15) is 0 Å². The van der Waals surface area contributed by atoms with E-state index >= 15 is 0 Å². The fourth-order valence-electron chi connectivity index (χ4n) is 1.97. The third kappa shape index (κ3) is 2.31. The Balaban J connectivity index is 1.89. The number of hydrogen-bond acceptors (Lipinski definition) is 2. The quantitative estimate of drug-likeness (QED) is 0.733. The van der Waals surface area contributed by atoms with Crippen molar-refractivity contribution in [3.8, 4) is 0 Å². The van der Waals surface area contributed by atoms with Crippen molar-refractivity contribution in [1.82, 2.24) is 14.9 Å². The first-order valence-electron chi connectivity index (χ1n) is 5.02. The lowest BCUT2D eigenvalue weighted by molar-refractivity contribution is 0.374. The first-order valence-corrected chi connectivity index (χ1v) is 5.02. The van der Waals surface area contributed by atoms with Crippen molar-refractivity contribution in [2.45, 2.75) is 19.3 Å². The van der Waals surface area contributed by atoms with Gasteiger partial charge in [0.05, 0.1) is 12.0 Å². The Kier molecular flexibility index (Phi) is 2.64. The first kappa shape index (κ1) is 8.75. The van der Waals surface area contributed by atoms with Crippen molar-refractivity contribution in [2.24, 2.45) is 13.0 Å². The number of nitrogens with zero attached hydrogens (tertiary/aromatic N) is 2. The van der Waals surface area contributed by atoms with Gasteiger partial charge in [-0.3, -0.25) is 0 Å². The van der Waals surface area contributed by atoms with E-state index in [0.717, 1.165) is 18.9 Å². The topological polar surface area (TPSA) is 29.9 Å². The Hall–Kier alpha value is -0.830. The van der Waals surface area contributed by atoms with E-state index in [-0.39, 0.29) is 0 Å². The lowest BCUT2D eigenvalue weighted by Crippen LogP contribution is -2.30. The van der Waals surface area contributed by atoms with Crippen LogP contribution in [0.5, 0.6) is 0 Å². The van der Waals surface area contributed by atoms with E-state index in [2.05, 4.69) is 16.5 Å². The molecule has 1 fully saturated rings. The SMILES string of the molecule is Cn1cnc(CC2CCCNC2)c1. The van der Waals surface area contributed by atoms with Crippen molar-refractivity contribution in [3.63, 3.8) is 0 Å². The van der Waals surface area contributed by atoms with Gasteiger partial charge in [-0.1, -0.05) is 0 Å². The Morgan fingerprint density at radius 2 is 2.62 bits per heavy atom. The van der Waals surface area contributed by atoms with Gasteiger partial charge in [0, 0.05) is 13.2 Å². The van der Waals surface area contributed by atoms with Crippen LogP contribution in [0.1, 0.15) is 18.5 Å². The lowest BCUT2D eigenvalue weighted by atomic mass is 9.95. The van der Waals surface area contributed by atoms with Gasteiger partial charge in [-0.15, -0.1) is 0 Å². The Morgan fingerprint density at radius 1 is 1.69 bits per heavy atom. The largest absolute Gasteiger partial charge is 0.340 e. The summed E-state index contributed by atoms with van der Waals surface area (Å²) in [4.78, 5) is 4.35.